The molecular weight excluding hydrogens is 311 g/mol. The second-order valence-electron chi connectivity index (χ2n) is 3.74. The molecule has 0 radical (unpaired) electrons. The summed E-state index contributed by atoms with van der Waals surface area (Å²) in [6.45, 7) is 0.895. The van der Waals surface area contributed by atoms with Gasteiger partial charge in [-0.25, -0.2) is 0 Å². The first kappa shape index (κ1) is 11.6. The molecule has 0 saturated carbocycles. The van der Waals surface area contributed by atoms with Crippen molar-refractivity contribution in [1.29, 1.82) is 0 Å². The van der Waals surface area contributed by atoms with E-state index in [1.54, 1.807) is 0 Å². The van der Waals surface area contributed by atoms with E-state index < -0.39 is 0 Å². The Morgan fingerprint density at radius 3 is 3.12 bits per heavy atom. The van der Waals surface area contributed by atoms with Crippen molar-refractivity contribution in [2.45, 2.75) is 19.3 Å². The number of allylic oxidation sites excluding steroid dienone is 5. The third-order valence-electron chi connectivity index (χ3n) is 2.52. The van der Waals surface area contributed by atoms with E-state index in [0.717, 1.165) is 25.8 Å². The zero-order chi connectivity index (χ0) is 11.2. The molecule has 0 amide bonds. The molecule has 0 saturated heterocycles. The van der Waals surface area contributed by atoms with Gasteiger partial charge in [0.2, 0.25) is 0 Å². The van der Waals surface area contributed by atoms with Crippen LogP contribution in [0.4, 0.5) is 0 Å². The van der Waals surface area contributed by atoms with Gasteiger partial charge in [-0.15, -0.1) is 0 Å². The molecule has 16 heavy (non-hydrogen) atoms. The van der Waals surface area contributed by atoms with Crippen LogP contribution in [0.1, 0.15) is 19.3 Å². The average molecular weight is 326 g/mol. The van der Waals surface area contributed by atoms with Gasteiger partial charge in [0.1, 0.15) is 0 Å². The van der Waals surface area contributed by atoms with Crippen molar-refractivity contribution in [3.63, 3.8) is 0 Å². The Morgan fingerprint density at radius 1 is 1.25 bits per heavy atom. The zero-order valence-electron chi connectivity index (χ0n) is 9.12. The van der Waals surface area contributed by atoms with Gasteiger partial charge in [0.25, 0.3) is 0 Å². The van der Waals surface area contributed by atoms with Gasteiger partial charge in [-0.1, -0.05) is 30.4 Å². The molecule has 2 heterocycles. The van der Waals surface area contributed by atoms with Gasteiger partial charge in [-0.3, -0.25) is 4.99 Å². The maximum Gasteiger partial charge on any atom is 0.0731 e. The predicted octanol–water partition coefficient (Wildman–Crippen LogP) is 3.49. The summed E-state index contributed by atoms with van der Waals surface area (Å²) in [5.41, 5.74) is 2.42. The van der Waals surface area contributed by atoms with Crippen molar-refractivity contribution in [3.05, 3.63) is 45.9 Å². The Morgan fingerprint density at radius 2 is 2.19 bits per heavy atom. The van der Waals surface area contributed by atoms with E-state index >= 15 is 0 Å². The Kier molecular flexibility index (Phi) is 4.39. The quantitative estimate of drug-likeness (QED) is 0.535. The first-order valence-corrected chi connectivity index (χ1v) is 6.63. The number of fused-ring (bicyclic) bond motifs is 1. The van der Waals surface area contributed by atoms with Crippen LogP contribution in [0.3, 0.4) is 0 Å². The highest BCUT2D eigenvalue weighted by atomic mass is 127. The number of hydrogen-bond acceptors (Lipinski definition) is 2. The van der Waals surface area contributed by atoms with E-state index in [2.05, 4.69) is 63.3 Å². The fourth-order valence-corrected chi connectivity index (χ4v) is 2.16. The number of nitrogens with zero attached hydrogens (tertiary/aromatic N) is 1. The molecule has 0 aliphatic carbocycles. The SMILES string of the molecule is IC1=CCCC2=NCC/C=C/C=C\C2=CN1. The van der Waals surface area contributed by atoms with Crippen LogP contribution < -0.4 is 5.32 Å². The van der Waals surface area contributed by atoms with Crippen LogP contribution in [0.25, 0.3) is 0 Å². The Labute approximate surface area is 110 Å². The van der Waals surface area contributed by atoms with Crippen LogP contribution in [0.15, 0.2) is 50.8 Å². The van der Waals surface area contributed by atoms with Crippen LogP contribution in [-0.4, -0.2) is 12.3 Å². The molecule has 0 aromatic heterocycles. The van der Waals surface area contributed by atoms with E-state index in [0.29, 0.717) is 0 Å². The third-order valence-corrected chi connectivity index (χ3v) is 3.28. The third kappa shape index (κ3) is 3.33. The van der Waals surface area contributed by atoms with Crippen molar-refractivity contribution in [3.8, 4) is 0 Å². The zero-order valence-corrected chi connectivity index (χ0v) is 11.3. The van der Waals surface area contributed by atoms with Gasteiger partial charge in [0.05, 0.1) is 3.70 Å². The number of hydrogen-bond donors (Lipinski definition) is 1. The minimum absolute atomic E-state index is 0.895. The lowest BCUT2D eigenvalue weighted by Crippen LogP contribution is -2.10. The highest BCUT2D eigenvalue weighted by Crippen LogP contribution is 2.15. The number of rotatable bonds is 0. The summed E-state index contributed by atoms with van der Waals surface area (Å²) in [5.74, 6) is 0. The lowest BCUT2D eigenvalue weighted by molar-refractivity contribution is 0.972. The van der Waals surface area contributed by atoms with Crippen molar-refractivity contribution in [2.24, 2.45) is 4.99 Å². The standard InChI is InChI=1S/C13H15IN2/c14-13-8-5-7-12-11(10-16-13)6-3-1-2-4-9-15-12/h1-3,6,8,10,16H,4-5,7,9H2/b2-1+,6-3-,11-10?,13-8?,15-12?. The van der Waals surface area contributed by atoms with Crippen LogP contribution in [-0.2, 0) is 0 Å². The normalized spacial score (nSPS) is 24.9. The Bertz CT molecular complexity index is 400. The first-order chi connectivity index (χ1) is 7.86. The van der Waals surface area contributed by atoms with E-state index in [4.69, 9.17) is 0 Å². The molecule has 2 aliphatic rings. The Hall–Kier alpha value is -0.840. The summed E-state index contributed by atoms with van der Waals surface area (Å²) >= 11 is 2.31. The molecular formula is C13H15IN2. The van der Waals surface area contributed by atoms with Gasteiger partial charge < -0.3 is 5.32 Å². The minimum Gasteiger partial charge on any atom is -0.356 e. The topological polar surface area (TPSA) is 24.4 Å². The summed E-state index contributed by atoms with van der Waals surface area (Å²) < 4.78 is 1.19. The molecule has 0 fully saturated rings. The molecule has 0 aromatic carbocycles. The molecule has 0 atom stereocenters. The van der Waals surface area contributed by atoms with Gasteiger partial charge >= 0.3 is 0 Å². The van der Waals surface area contributed by atoms with Crippen molar-refractivity contribution in [2.75, 3.05) is 6.54 Å². The minimum atomic E-state index is 0.895. The van der Waals surface area contributed by atoms with E-state index in [9.17, 15) is 0 Å². The molecule has 3 heteroatoms. The Balaban J connectivity index is 2.27. The smallest absolute Gasteiger partial charge is 0.0731 e. The van der Waals surface area contributed by atoms with Crippen LogP contribution in [0.5, 0.6) is 0 Å². The lowest BCUT2D eigenvalue weighted by atomic mass is 10.1. The van der Waals surface area contributed by atoms with Gasteiger partial charge in [-0.05, 0) is 41.9 Å². The summed E-state index contributed by atoms with van der Waals surface area (Å²) in [6.07, 6.45) is 15.9. The second kappa shape index (κ2) is 6.03. The van der Waals surface area contributed by atoms with Gasteiger partial charge in [0, 0.05) is 24.0 Å². The molecule has 0 bridgehead atoms. The first-order valence-electron chi connectivity index (χ1n) is 5.55. The van der Waals surface area contributed by atoms with E-state index in [-0.39, 0.29) is 0 Å². The molecule has 2 aliphatic heterocycles. The monoisotopic (exact) mass is 326 g/mol. The molecule has 1 N–H and O–H groups in total. The number of nitrogens with one attached hydrogen (secondary N) is 1. The molecule has 2 rings (SSSR count). The second-order valence-corrected chi connectivity index (χ2v) is 4.90. The highest BCUT2D eigenvalue weighted by molar-refractivity contribution is 14.1. The number of aliphatic imine (C=N–C) groups is 1. The molecule has 0 spiro atoms. The summed E-state index contributed by atoms with van der Waals surface area (Å²) in [5, 5.41) is 3.28. The lowest BCUT2D eigenvalue weighted by Gasteiger charge is -2.11. The van der Waals surface area contributed by atoms with Crippen LogP contribution >= 0.6 is 22.6 Å². The molecule has 84 valence electrons. The molecule has 0 unspecified atom stereocenters. The van der Waals surface area contributed by atoms with Gasteiger partial charge in [-0.2, -0.15) is 0 Å². The summed E-state index contributed by atoms with van der Waals surface area (Å²) in [4.78, 5) is 4.67. The van der Waals surface area contributed by atoms with E-state index in [1.165, 1.54) is 15.0 Å². The predicted molar refractivity (Wildman–Crippen MR) is 77.8 cm³/mol. The maximum absolute atomic E-state index is 4.67. The van der Waals surface area contributed by atoms with E-state index in [1.807, 2.05) is 6.20 Å². The van der Waals surface area contributed by atoms with Crippen molar-refractivity contribution < 1.29 is 0 Å². The van der Waals surface area contributed by atoms with Crippen LogP contribution in [0, 0.1) is 0 Å². The van der Waals surface area contributed by atoms with Crippen LogP contribution in [0.2, 0.25) is 0 Å². The fraction of sp³-hybridized carbons (Fsp3) is 0.308. The highest BCUT2D eigenvalue weighted by Gasteiger charge is 2.07. The molecule has 2 nitrogen and oxygen atoms in total. The van der Waals surface area contributed by atoms with Crippen molar-refractivity contribution in [1.82, 2.24) is 5.32 Å². The largest absolute Gasteiger partial charge is 0.356 e. The summed E-state index contributed by atoms with van der Waals surface area (Å²) in [7, 11) is 0. The maximum atomic E-state index is 4.67. The summed E-state index contributed by atoms with van der Waals surface area (Å²) in [6, 6.07) is 0. The van der Waals surface area contributed by atoms with Crippen molar-refractivity contribution >= 4 is 28.3 Å². The fourth-order valence-electron chi connectivity index (χ4n) is 1.69. The van der Waals surface area contributed by atoms with Gasteiger partial charge in [0.15, 0.2) is 0 Å². The number of halogens is 1. The average Bonchev–Trinajstić information content (AvgIpc) is 2.36. The molecule has 0 aromatic rings.